The molecular formula is C2H5Al2Cl3. The minimum atomic E-state index is 0. The first-order valence-corrected chi connectivity index (χ1v) is 1.93. The Bertz CT molecular complexity index is 10.9. The Balaban J connectivity index is -0.00000000333. The van der Waals surface area contributed by atoms with Gasteiger partial charge in [-0.2, -0.15) is 0 Å². The summed E-state index contributed by atoms with van der Waals surface area (Å²) in [6.07, 6.45) is 0. The molecule has 0 spiro atoms. The van der Waals surface area contributed by atoms with Gasteiger partial charge in [-0.25, -0.2) is 0 Å². The fraction of sp³-hybridized carbons (Fsp3) is 1.00. The molecule has 0 fully saturated rings. The molecule has 0 bridgehead atoms. The van der Waals surface area contributed by atoms with Gasteiger partial charge < -0.3 is 37.2 Å². The Morgan fingerprint density at radius 1 is 1.14 bits per heavy atom. The minimum Gasteiger partial charge on any atom is -1.00 e. The van der Waals surface area contributed by atoms with E-state index in [9.17, 15) is 0 Å². The maximum absolute atomic E-state index is 2.58. The van der Waals surface area contributed by atoms with E-state index in [4.69, 9.17) is 0 Å². The van der Waals surface area contributed by atoms with Crippen LogP contribution in [-0.4, -0.2) is 33.7 Å². The largest absolute Gasteiger partial charge is 3.00 e. The van der Waals surface area contributed by atoms with Gasteiger partial charge in [0.2, 0.25) is 0 Å². The molecule has 2 radical (unpaired) electrons. The molecule has 0 saturated heterocycles. The summed E-state index contributed by atoms with van der Waals surface area (Å²) in [5.74, 6) is 0. The van der Waals surface area contributed by atoms with E-state index in [1.54, 1.807) is 0 Å². The van der Waals surface area contributed by atoms with Gasteiger partial charge in [0, 0.05) is 0 Å². The molecule has 0 amide bonds. The predicted molar refractivity (Wildman–Crippen MR) is 22.0 cm³/mol. The van der Waals surface area contributed by atoms with Gasteiger partial charge in [0.15, 0.2) is 0 Å². The maximum Gasteiger partial charge on any atom is 3.00 e. The fourth-order valence-electron chi connectivity index (χ4n) is 0. The van der Waals surface area contributed by atoms with Crippen LogP contribution in [-0.2, 0) is 0 Å². The molecule has 0 atom stereocenters. The molecule has 0 aromatic rings. The van der Waals surface area contributed by atoms with Crippen molar-refractivity contribution in [3.05, 3.63) is 0 Å². The molecule has 40 valence electrons. The molecule has 0 aliphatic heterocycles. The van der Waals surface area contributed by atoms with Gasteiger partial charge in [-0.15, -0.1) is 5.28 Å². The van der Waals surface area contributed by atoms with E-state index in [-0.39, 0.29) is 54.6 Å². The topological polar surface area (TPSA) is 0 Å². The van der Waals surface area contributed by atoms with Crippen LogP contribution in [0.2, 0.25) is 5.28 Å². The van der Waals surface area contributed by atoms with Crippen molar-refractivity contribution in [1.82, 2.24) is 0 Å². The second kappa shape index (κ2) is 44.3. The van der Waals surface area contributed by atoms with E-state index in [0.717, 1.165) is 0 Å². The molecule has 0 heterocycles. The number of rotatable bonds is 0. The molecule has 0 aliphatic carbocycles. The van der Waals surface area contributed by atoms with Gasteiger partial charge in [-0.05, 0) is 0 Å². The van der Waals surface area contributed by atoms with Crippen LogP contribution in [0.15, 0.2) is 0 Å². The molecule has 7 heavy (non-hydrogen) atoms. The van der Waals surface area contributed by atoms with E-state index in [2.05, 4.69) is 23.2 Å². The van der Waals surface area contributed by atoms with Crippen molar-refractivity contribution in [3.8, 4) is 0 Å². The summed E-state index contributed by atoms with van der Waals surface area (Å²) in [6.45, 7) is 2.09. The van der Waals surface area contributed by atoms with Crippen LogP contribution >= 0.6 is 0 Å². The third-order valence-electron chi connectivity index (χ3n) is 0. The van der Waals surface area contributed by atoms with Crippen LogP contribution in [0.4, 0.5) is 0 Å². The maximum atomic E-state index is 2.58. The monoisotopic (exact) mass is 188 g/mol. The standard InChI is InChI=1S/C2H5.2Al.3ClH/c1-2;;;;;/h1H2,2H3;;;3*1H/q;;+3;;;/p-3. The Morgan fingerprint density at radius 2 is 1.14 bits per heavy atom. The van der Waals surface area contributed by atoms with Crippen molar-refractivity contribution < 1.29 is 37.2 Å². The molecule has 5 heteroatoms. The van der Waals surface area contributed by atoms with Gasteiger partial charge in [0.05, 0.1) is 0 Å². The first-order chi connectivity index (χ1) is 1.41. The quantitative estimate of drug-likeness (QED) is 0.332. The summed E-state index contributed by atoms with van der Waals surface area (Å²) in [5.41, 5.74) is 0. The van der Waals surface area contributed by atoms with Gasteiger partial charge in [-0.1, -0.05) is 6.92 Å². The van der Waals surface area contributed by atoms with Crippen molar-refractivity contribution in [2.24, 2.45) is 0 Å². The second-order valence-electron chi connectivity index (χ2n) is 0.408. The average Bonchev–Trinajstić information content (AvgIpc) is 0.918. The molecule has 0 rings (SSSR count). The zero-order chi connectivity index (χ0) is 2.71. The van der Waals surface area contributed by atoms with Crippen LogP contribution < -0.4 is 37.2 Å². The summed E-state index contributed by atoms with van der Waals surface area (Å²) in [7, 11) is 0. The third kappa shape index (κ3) is 74.7. The van der Waals surface area contributed by atoms with Crippen LogP contribution in [0, 0.1) is 0 Å². The molecule has 0 nitrogen and oxygen atoms in total. The van der Waals surface area contributed by atoms with Gasteiger partial charge >= 0.3 is 17.4 Å². The normalized spacial score (nSPS) is 2.43. The van der Waals surface area contributed by atoms with Crippen molar-refractivity contribution >= 4 is 33.7 Å². The predicted octanol–water partition coefficient (Wildman–Crippen LogP) is -8.78. The number of halogens is 3. The van der Waals surface area contributed by atoms with E-state index >= 15 is 0 Å². The average molecular weight is 189 g/mol. The van der Waals surface area contributed by atoms with Crippen molar-refractivity contribution in [3.63, 3.8) is 0 Å². The Kier molecular flexibility index (Phi) is 230. The van der Waals surface area contributed by atoms with Gasteiger partial charge in [0.1, 0.15) is 16.3 Å². The minimum absolute atomic E-state index is 0. The van der Waals surface area contributed by atoms with E-state index in [0.29, 0.717) is 0 Å². The van der Waals surface area contributed by atoms with Crippen LogP contribution in [0.3, 0.4) is 0 Å². The second-order valence-corrected chi connectivity index (χ2v) is 1.22. The fourth-order valence-corrected chi connectivity index (χ4v) is 0. The SMILES string of the molecule is C[CH2][Al].[Al+3].[Cl-].[Cl-].[Cl-]. The summed E-state index contributed by atoms with van der Waals surface area (Å²) in [6, 6.07) is 0. The zero-order valence-corrected chi connectivity index (χ0v) is 8.57. The Morgan fingerprint density at radius 3 is 1.14 bits per heavy atom. The summed E-state index contributed by atoms with van der Waals surface area (Å²) in [5, 5.41) is 1.17. The van der Waals surface area contributed by atoms with Crippen molar-refractivity contribution in [1.29, 1.82) is 0 Å². The summed E-state index contributed by atoms with van der Waals surface area (Å²) in [4.78, 5) is 0. The first kappa shape index (κ1) is 36.3. The van der Waals surface area contributed by atoms with Crippen molar-refractivity contribution in [2.45, 2.75) is 12.2 Å². The molecule has 0 aliphatic rings. The van der Waals surface area contributed by atoms with Gasteiger partial charge in [0.25, 0.3) is 0 Å². The Hall–Kier alpha value is 1.93. The molecule has 0 N–H and O–H groups in total. The summed E-state index contributed by atoms with van der Waals surface area (Å²) < 4.78 is 0. The molecule has 0 saturated carbocycles. The third-order valence-corrected chi connectivity index (χ3v) is 0. The smallest absolute Gasteiger partial charge is 1.00 e. The van der Waals surface area contributed by atoms with Gasteiger partial charge in [-0.3, -0.25) is 0 Å². The molecule has 0 unspecified atom stereocenters. The number of hydrogen-bond donors (Lipinski definition) is 0. The molecular weight excluding hydrogens is 184 g/mol. The van der Waals surface area contributed by atoms with Crippen LogP contribution in [0.25, 0.3) is 0 Å². The number of hydrogen-bond acceptors (Lipinski definition) is 0. The van der Waals surface area contributed by atoms with E-state index in [1.807, 2.05) is 0 Å². The Labute approximate surface area is 82.6 Å². The van der Waals surface area contributed by atoms with Crippen LogP contribution in [0.1, 0.15) is 6.92 Å². The molecule has 0 aromatic heterocycles. The summed E-state index contributed by atoms with van der Waals surface area (Å²) >= 11 is 2.58. The van der Waals surface area contributed by atoms with Crippen LogP contribution in [0.5, 0.6) is 0 Å². The van der Waals surface area contributed by atoms with Crippen molar-refractivity contribution in [2.75, 3.05) is 0 Å². The van der Waals surface area contributed by atoms with E-state index < -0.39 is 0 Å². The first-order valence-electron chi connectivity index (χ1n) is 1.12. The molecule has 0 aromatic carbocycles. The zero-order valence-electron chi connectivity index (χ0n) is 4.00. The van der Waals surface area contributed by atoms with E-state index in [1.165, 1.54) is 5.28 Å².